The van der Waals surface area contributed by atoms with Crippen molar-refractivity contribution in [3.8, 4) is 0 Å². The van der Waals surface area contributed by atoms with Gasteiger partial charge in [-0.3, -0.25) is 14.6 Å². The first-order valence-corrected chi connectivity index (χ1v) is 6.84. The van der Waals surface area contributed by atoms with Gasteiger partial charge in [0.1, 0.15) is 5.82 Å². The van der Waals surface area contributed by atoms with Gasteiger partial charge in [-0.25, -0.2) is 0 Å². The summed E-state index contributed by atoms with van der Waals surface area (Å²) in [5, 5.41) is 7.82. The van der Waals surface area contributed by atoms with Crippen molar-refractivity contribution in [1.29, 1.82) is 0 Å². The molecule has 1 aliphatic heterocycles. The number of benzene rings is 1. The van der Waals surface area contributed by atoms with Crippen LogP contribution in [0, 0.1) is 6.92 Å². The first-order chi connectivity index (χ1) is 9.74. The van der Waals surface area contributed by atoms with E-state index in [1.807, 2.05) is 24.7 Å². The lowest BCUT2D eigenvalue weighted by molar-refractivity contribution is 0.743. The van der Waals surface area contributed by atoms with Crippen molar-refractivity contribution < 1.29 is 0 Å². The zero-order chi connectivity index (χ0) is 13.9. The molecule has 5 nitrogen and oxygen atoms in total. The fourth-order valence-electron chi connectivity index (χ4n) is 2.45. The molecule has 0 radical (unpaired) electrons. The molecule has 104 valence electrons. The van der Waals surface area contributed by atoms with E-state index in [-0.39, 0.29) is 0 Å². The zero-order valence-electron chi connectivity index (χ0n) is 11.9. The van der Waals surface area contributed by atoms with Gasteiger partial charge in [-0.05, 0) is 12.5 Å². The molecular formula is C15H19N5. The van der Waals surface area contributed by atoms with Gasteiger partial charge < -0.3 is 5.32 Å². The highest BCUT2D eigenvalue weighted by Crippen LogP contribution is 2.17. The highest BCUT2D eigenvalue weighted by Gasteiger charge is 2.21. The topological polar surface area (TPSA) is 45.5 Å². The third kappa shape index (κ3) is 2.52. The largest absolute Gasteiger partial charge is 0.352 e. The number of nitrogens with zero attached hydrogens (tertiary/aromatic N) is 4. The fraction of sp³-hybridized carbons (Fsp3) is 0.333. The van der Waals surface area contributed by atoms with Crippen LogP contribution in [0.2, 0.25) is 0 Å². The Kier molecular flexibility index (Phi) is 3.41. The summed E-state index contributed by atoms with van der Waals surface area (Å²) < 4.78 is 1.90. The van der Waals surface area contributed by atoms with E-state index in [2.05, 4.69) is 50.6 Å². The minimum absolute atomic E-state index is 0.785. The summed E-state index contributed by atoms with van der Waals surface area (Å²) in [6, 6.07) is 12.4. The second-order valence-corrected chi connectivity index (χ2v) is 4.96. The van der Waals surface area contributed by atoms with Crippen LogP contribution in [0.1, 0.15) is 11.3 Å². The Hall–Kier alpha value is -2.30. The first kappa shape index (κ1) is 12.7. The van der Waals surface area contributed by atoms with Gasteiger partial charge in [-0.15, -0.1) is 0 Å². The van der Waals surface area contributed by atoms with Gasteiger partial charge in [0.2, 0.25) is 0 Å². The van der Waals surface area contributed by atoms with Crippen LogP contribution in [-0.2, 0) is 13.6 Å². The van der Waals surface area contributed by atoms with Gasteiger partial charge in [0.05, 0.1) is 12.2 Å². The van der Waals surface area contributed by atoms with Crippen LogP contribution in [0.25, 0.3) is 0 Å². The van der Waals surface area contributed by atoms with E-state index in [1.54, 1.807) is 0 Å². The smallest absolute Gasteiger partial charge is 0.200 e. The minimum atomic E-state index is 0.785. The predicted octanol–water partition coefficient (Wildman–Crippen LogP) is 1.69. The summed E-state index contributed by atoms with van der Waals surface area (Å²) in [6.45, 7) is 4.51. The van der Waals surface area contributed by atoms with Crippen molar-refractivity contribution in [3.05, 3.63) is 47.7 Å². The van der Waals surface area contributed by atoms with E-state index in [9.17, 15) is 0 Å². The first-order valence-electron chi connectivity index (χ1n) is 6.84. The molecule has 1 aromatic heterocycles. The quantitative estimate of drug-likeness (QED) is 0.922. The van der Waals surface area contributed by atoms with Crippen molar-refractivity contribution in [3.63, 3.8) is 0 Å². The summed E-state index contributed by atoms with van der Waals surface area (Å²) in [5.74, 6) is 2.01. The molecular weight excluding hydrogens is 250 g/mol. The average Bonchev–Trinajstić information content (AvgIpc) is 3.03. The maximum atomic E-state index is 4.55. The van der Waals surface area contributed by atoms with Gasteiger partial charge >= 0.3 is 0 Å². The lowest BCUT2D eigenvalue weighted by Crippen LogP contribution is -2.39. The van der Waals surface area contributed by atoms with Crippen molar-refractivity contribution >= 4 is 11.8 Å². The van der Waals surface area contributed by atoms with Gasteiger partial charge in [0, 0.05) is 26.2 Å². The molecule has 1 aromatic carbocycles. The monoisotopic (exact) mass is 269 g/mol. The molecule has 5 heteroatoms. The molecule has 0 fully saturated rings. The van der Waals surface area contributed by atoms with Crippen LogP contribution in [0.5, 0.6) is 0 Å². The Labute approximate surface area is 118 Å². The van der Waals surface area contributed by atoms with E-state index < -0.39 is 0 Å². The molecule has 0 amide bonds. The number of aromatic nitrogens is 2. The van der Waals surface area contributed by atoms with Crippen molar-refractivity contribution in [2.75, 3.05) is 18.0 Å². The summed E-state index contributed by atoms with van der Waals surface area (Å²) in [5.41, 5.74) is 2.28. The van der Waals surface area contributed by atoms with E-state index in [0.717, 1.165) is 37.1 Å². The van der Waals surface area contributed by atoms with Gasteiger partial charge in [-0.1, -0.05) is 30.3 Å². The second kappa shape index (κ2) is 5.36. The Morgan fingerprint density at radius 2 is 2.05 bits per heavy atom. The number of aryl methyl sites for hydroxylation is 2. The molecule has 0 unspecified atom stereocenters. The van der Waals surface area contributed by atoms with Gasteiger partial charge in [0.15, 0.2) is 5.96 Å². The number of hydrogen-bond acceptors (Lipinski definition) is 4. The number of guanidine groups is 1. The van der Waals surface area contributed by atoms with E-state index in [0.29, 0.717) is 0 Å². The third-order valence-corrected chi connectivity index (χ3v) is 3.39. The molecule has 20 heavy (non-hydrogen) atoms. The number of anilines is 1. The molecule has 0 saturated carbocycles. The Balaban J connectivity index is 1.71. The molecule has 2 heterocycles. The van der Waals surface area contributed by atoms with Crippen LogP contribution >= 0.6 is 0 Å². The second-order valence-electron chi connectivity index (χ2n) is 4.96. The number of rotatable bonds is 3. The molecule has 3 rings (SSSR count). The highest BCUT2D eigenvalue weighted by atomic mass is 15.4. The van der Waals surface area contributed by atoms with Crippen LogP contribution in [0.3, 0.4) is 0 Å². The molecule has 2 aromatic rings. The van der Waals surface area contributed by atoms with Crippen LogP contribution in [-0.4, -0.2) is 28.8 Å². The Morgan fingerprint density at radius 3 is 2.75 bits per heavy atom. The molecule has 0 saturated heterocycles. The van der Waals surface area contributed by atoms with Crippen LogP contribution < -0.4 is 10.2 Å². The van der Waals surface area contributed by atoms with Gasteiger partial charge in [-0.2, -0.15) is 5.10 Å². The maximum Gasteiger partial charge on any atom is 0.200 e. The zero-order valence-corrected chi connectivity index (χ0v) is 11.9. The van der Waals surface area contributed by atoms with Crippen molar-refractivity contribution in [1.82, 2.24) is 15.1 Å². The normalized spacial score (nSPS) is 14.5. The standard InChI is InChI=1S/C15H19N5/c1-12-10-14(19(2)18-12)20-9-8-16-15(20)17-11-13-6-4-3-5-7-13/h3-7,10H,8-9,11H2,1-2H3,(H,16,17). The molecule has 0 bridgehead atoms. The molecule has 0 spiro atoms. The Morgan fingerprint density at radius 1 is 1.25 bits per heavy atom. The summed E-state index contributed by atoms with van der Waals surface area (Å²) >= 11 is 0. The van der Waals surface area contributed by atoms with Gasteiger partial charge in [0.25, 0.3) is 0 Å². The number of aliphatic imine (C=N–C) groups is 1. The Bertz CT molecular complexity index is 614. The van der Waals surface area contributed by atoms with E-state index in [4.69, 9.17) is 0 Å². The van der Waals surface area contributed by atoms with E-state index >= 15 is 0 Å². The highest BCUT2D eigenvalue weighted by molar-refractivity contribution is 5.96. The predicted molar refractivity (Wildman–Crippen MR) is 80.9 cm³/mol. The molecule has 0 aliphatic carbocycles. The lowest BCUT2D eigenvalue weighted by Gasteiger charge is -2.20. The lowest BCUT2D eigenvalue weighted by atomic mass is 10.2. The summed E-state index contributed by atoms with van der Waals surface area (Å²) in [6.07, 6.45) is 0. The molecule has 1 N–H and O–H groups in total. The molecule has 1 aliphatic rings. The average molecular weight is 269 g/mol. The number of hydrogen-bond donors (Lipinski definition) is 1. The van der Waals surface area contributed by atoms with Crippen LogP contribution in [0.4, 0.5) is 5.82 Å². The van der Waals surface area contributed by atoms with E-state index in [1.165, 1.54) is 5.56 Å². The minimum Gasteiger partial charge on any atom is -0.352 e. The fourth-order valence-corrected chi connectivity index (χ4v) is 2.45. The maximum absolute atomic E-state index is 4.55. The van der Waals surface area contributed by atoms with Crippen molar-refractivity contribution in [2.24, 2.45) is 12.0 Å². The summed E-state index contributed by atoms with van der Waals surface area (Å²) in [4.78, 5) is 6.73. The molecule has 0 atom stereocenters. The van der Waals surface area contributed by atoms with Crippen molar-refractivity contribution in [2.45, 2.75) is 13.5 Å². The SMILES string of the molecule is Cc1cc(N2CCN=C2NCc2ccccc2)n(C)n1. The van der Waals surface area contributed by atoms with Crippen LogP contribution in [0.15, 0.2) is 41.4 Å². The number of nitrogens with one attached hydrogen (secondary N) is 1. The third-order valence-electron chi connectivity index (χ3n) is 3.39. The summed E-state index contributed by atoms with van der Waals surface area (Å²) in [7, 11) is 1.97.